The second-order valence-electron chi connectivity index (χ2n) is 4.43. The SMILES string of the molecule is CCCCCNC(=O)c1cc(F)ccc1C#CCCO. The fourth-order valence-corrected chi connectivity index (χ4v) is 1.70. The summed E-state index contributed by atoms with van der Waals surface area (Å²) in [7, 11) is 0. The smallest absolute Gasteiger partial charge is 0.252 e. The van der Waals surface area contributed by atoms with E-state index in [1.54, 1.807) is 0 Å². The van der Waals surface area contributed by atoms with Gasteiger partial charge < -0.3 is 10.4 Å². The van der Waals surface area contributed by atoms with E-state index in [0.717, 1.165) is 19.3 Å². The Morgan fingerprint density at radius 2 is 2.20 bits per heavy atom. The molecule has 1 aromatic carbocycles. The van der Waals surface area contributed by atoms with Gasteiger partial charge in [0.05, 0.1) is 12.2 Å². The van der Waals surface area contributed by atoms with Crippen LogP contribution in [0.15, 0.2) is 18.2 Å². The van der Waals surface area contributed by atoms with E-state index in [9.17, 15) is 9.18 Å². The molecule has 1 aromatic rings. The van der Waals surface area contributed by atoms with Crippen molar-refractivity contribution < 1.29 is 14.3 Å². The standard InChI is InChI=1S/C16H20FNO2/c1-2-3-5-10-18-16(20)15-12-14(17)9-8-13(15)7-4-6-11-19/h8-9,12,19H,2-3,5-6,10-11H2,1H3,(H,18,20). The van der Waals surface area contributed by atoms with Gasteiger partial charge in [-0.1, -0.05) is 31.6 Å². The first-order valence-electron chi connectivity index (χ1n) is 6.86. The molecule has 0 bridgehead atoms. The summed E-state index contributed by atoms with van der Waals surface area (Å²) in [5.74, 6) is 4.75. The normalized spacial score (nSPS) is 9.75. The molecular formula is C16H20FNO2. The summed E-state index contributed by atoms with van der Waals surface area (Å²) in [6.45, 7) is 2.63. The monoisotopic (exact) mass is 277 g/mol. The van der Waals surface area contributed by atoms with Crippen molar-refractivity contribution in [3.05, 3.63) is 35.1 Å². The van der Waals surface area contributed by atoms with Crippen molar-refractivity contribution in [3.8, 4) is 11.8 Å². The molecule has 4 heteroatoms. The number of hydrogen-bond acceptors (Lipinski definition) is 2. The number of nitrogens with one attached hydrogen (secondary N) is 1. The molecule has 0 aliphatic carbocycles. The Morgan fingerprint density at radius 3 is 2.90 bits per heavy atom. The number of carbonyl (C=O) groups is 1. The fourth-order valence-electron chi connectivity index (χ4n) is 1.70. The van der Waals surface area contributed by atoms with Crippen LogP contribution in [-0.2, 0) is 0 Å². The third-order valence-corrected chi connectivity index (χ3v) is 2.75. The second-order valence-corrected chi connectivity index (χ2v) is 4.43. The summed E-state index contributed by atoms with van der Waals surface area (Å²) >= 11 is 0. The van der Waals surface area contributed by atoms with Crippen molar-refractivity contribution in [1.29, 1.82) is 0 Å². The number of hydrogen-bond donors (Lipinski definition) is 2. The Morgan fingerprint density at radius 1 is 1.40 bits per heavy atom. The van der Waals surface area contributed by atoms with Crippen LogP contribution >= 0.6 is 0 Å². The van der Waals surface area contributed by atoms with Gasteiger partial charge in [-0.15, -0.1) is 0 Å². The van der Waals surface area contributed by atoms with Gasteiger partial charge in [-0.3, -0.25) is 4.79 Å². The van der Waals surface area contributed by atoms with E-state index in [2.05, 4.69) is 24.1 Å². The average molecular weight is 277 g/mol. The highest BCUT2D eigenvalue weighted by Crippen LogP contribution is 2.10. The first-order chi connectivity index (χ1) is 9.69. The van der Waals surface area contributed by atoms with E-state index in [4.69, 9.17) is 5.11 Å². The van der Waals surface area contributed by atoms with Crippen LogP contribution in [0.1, 0.15) is 48.5 Å². The minimum atomic E-state index is -0.462. The van der Waals surface area contributed by atoms with Gasteiger partial charge in [0.15, 0.2) is 0 Å². The molecule has 0 radical (unpaired) electrons. The minimum absolute atomic E-state index is 0.0350. The van der Waals surface area contributed by atoms with Crippen molar-refractivity contribution in [2.24, 2.45) is 0 Å². The molecule has 0 heterocycles. The fraction of sp³-hybridized carbons (Fsp3) is 0.438. The predicted octanol–water partition coefficient (Wildman–Crippen LogP) is 2.48. The van der Waals surface area contributed by atoms with Crippen LogP contribution in [0.4, 0.5) is 4.39 Å². The van der Waals surface area contributed by atoms with Crippen molar-refractivity contribution >= 4 is 5.91 Å². The minimum Gasteiger partial charge on any atom is -0.395 e. The topological polar surface area (TPSA) is 49.3 Å². The quantitative estimate of drug-likeness (QED) is 0.620. The van der Waals surface area contributed by atoms with Crippen LogP contribution in [0.25, 0.3) is 0 Å². The number of amides is 1. The molecule has 1 rings (SSSR count). The average Bonchev–Trinajstić information content (AvgIpc) is 2.45. The lowest BCUT2D eigenvalue weighted by Crippen LogP contribution is -2.25. The first kappa shape index (κ1) is 16.2. The molecule has 1 amide bonds. The number of halogens is 1. The number of aliphatic hydroxyl groups is 1. The molecular weight excluding hydrogens is 257 g/mol. The number of unbranched alkanes of at least 4 members (excludes halogenated alkanes) is 2. The molecule has 2 N–H and O–H groups in total. The highest BCUT2D eigenvalue weighted by Gasteiger charge is 2.10. The largest absolute Gasteiger partial charge is 0.395 e. The molecule has 0 aliphatic rings. The number of aliphatic hydroxyl groups excluding tert-OH is 1. The van der Waals surface area contributed by atoms with Crippen LogP contribution in [0.2, 0.25) is 0 Å². The number of rotatable bonds is 6. The van der Waals surface area contributed by atoms with E-state index in [1.165, 1.54) is 18.2 Å². The van der Waals surface area contributed by atoms with Gasteiger partial charge in [-0.25, -0.2) is 4.39 Å². The lowest BCUT2D eigenvalue weighted by atomic mass is 10.1. The summed E-state index contributed by atoms with van der Waals surface area (Å²) in [4.78, 5) is 12.0. The zero-order chi connectivity index (χ0) is 14.8. The first-order valence-corrected chi connectivity index (χ1v) is 6.86. The van der Waals surface area contributed by atoms with Crippen LogP contribution in [0.3, 0.4) is 0 Å². The molecule has 20 heavy (non-hydrogen) atoms. The lowest BCUT2D eigenvalue weighted by molar-refractivity contribution is 0.0952. The van der Waals surface area contributed by atoms with E-state index < -0.39 is 5.82 Å². The highest BCUT2D eigenvalue weighted by atomic mass is 19.1. The molecule has 0 spiro atoms. The van der Waals surface area contributed by atoms with Crippen molar-refractivity contribution in [2.45, 2.75) is 32.6 Å². The van der Waals surface area contributed by atoms with E-state index >= 15 is 0 Å². The Labute approximate surface area is 119 Å². The number of benzene rings is 1. The third kappa shape index (κ3) is 5.41. The van der Waals surface area contributed by atoms with Crippen LogP contribution in [0.5, 0.6) is 0 Å². The molecule has 0 aliphatic heterocycles. The van der Waals surface area contributed by atoms with Crippen LogP contribution in [0, 0.1) is 17.7 Å². The van der Waals surface area contributed by atoms with E-state index in [-0.39, 0.29) is 18.1 Å². The summed E-state index contributed by atoms with van der Waals surface area (Å²) < 4.78 is 13.3. The van der Waals surface area contributed by atoms with Gasteiger partial charge in [0.25, 0.3) is 5.91 Å². The molecule has 0 atom stereocenters. The van der Waals surface area contributed by atoms with Crippen molar-refractivity contribution in [3.63, 3.8) is 0 Å². The Kier molecular flexibility index (Phi) is 7.38. The van der Waals surface area contributed by atoms with Gasteiger partial charge in [-0.05, 0) is 24.6 Å². The molecule has 0 unspecified atom stereocenters. The summed E-state index contributed by atoms with van der Waals surface area (Å²) in [6.07, 6.45) is 3.36. The summed E-state index contributed by atoms with van der Waals surface area (Å²) in [5, 5.41) is 11.5. The third-order valence-electron chi connectivity index (χ3n) is 2.75. The van der Waals surface area contributed by atoms with Crippen LogP contribution < -0.4 is 5.32 Å². The second kappa shape index (κ2) is 9.11. The highest BCUT2D eigenvalue weighted by molar-refractivity contribution is 5.96. The molecule has 0 aromatic heterocycles. The summed E-state index contributed by atoms with van der Waals surface area (Å²) in [6, 6.07) is 3.95. The van der Waals surface area contributed by atoms with Gasteiger partial charge in [0.2, 0.25) is 0 Å². The molecule has 3 nitrogen and oxygen atoms in total. The van der Waals surface area contributed by atoms with E-state index in [0.29, 0.717) is 18.5 Å². The molecule has 108 valence electrons. The zero-order valence-electron chi connectivity index (χ0n) is 11.7. The summed E-state index contributed by atoms with van der Waals surface area (Å²) in [5.41, 5.74) is 0.722. The van der Waals surface area contributed by atoms with E-state index in [1.807, 2.05) is 0 Å². The maximum Gasteiger partial charge on any atom is 0.252 e. The molecule has 0 fully saturated rings. The predicted molar refractivity (Wildman–Crippen MR) is 76.8 cm³/mol. The Bertz CT molecular complexity index is 503. The zero-order valence-corrected chi connectivity index (χ0v) is 11.7. The van der Waals surface area contributed by atoms with Gasteiger partial charge in [0.1, 0.15) is 5.82 Å². The Balaban J connectivity index is 2.78. The van der Waals surface area contributed by atoms with Gasteiger partial charge in [-0.2, -0.15) is 0 Å². The maximum atomic E-state index is 13.3. The van der Waals surface area contributed by atoms with Crippen molar-refractivity contribution in [2.75, 3.05) is 13.2 Å². The Hall–Kier alpha value is -1.86. The molecule has 0 saturated carbocycles. The van der Waals surface area contributed by atoms with Crippen LogP contribution in [-0.4, -0.2) is 24.2 Å². The van der Waals surface area contributed by atoms with Gasteiger partial charge in [0, 0.05) is 18.5 Å². The lowest BCUT2D eigenvalue weighted by Gasteiger charge is -2.07. The molecule has 0 saturated heterocycles. The van der Waals surface area contributed by atoms with Crippen molar-refractivity contribution in [1.82, 2.24) is 5.32 Å². The maximum absolute atomic E-state index is 13.3. The number of carbonyl (C=O) groups excluding carboxylic acids is 1. The van der Waals surface area contributed by atoms with Gasteiger partial charge >= 0.3 is 0 Å².